The zero-order chi connectivity index (χ0) is 29.6. The number of urea groups is 1. The summed E-state index contributed by atoms with van der Waals surface area (Å²) in [4.78, 5) is 39.2. The number of nitrogens with one attached hydrogen (secondary N) is 1. The number of hydrogen-bond donors (Lipinski definition) is 1. The van der Waals surface area contributed by atoms with E-state index in [9.17, 15) is 14.4 Å². The van der Waals surface area contributed by atoms with Crippen LogP contribution >= 0.6 is 31.9 Å². The summed E-state index contributed by atoms with van der Waals surface area (Å²) in [6.07, 6.45) is 7.87. The van der Waals surface area contributed by atoms with Gasteiger partial charge in [-0.15, -0.1) is 0 Å². The van der Waals surface area contributed by atoms with Crippen LogP contribution in [0.4, 0.5) is 10.5 Å². The average Bonchev–Trinajstić information content (AvgIpc) is 2.99. The highest BCUT2D eigenvalue weighted by Gasteiger charge is 2.36. The van der Waals surface area contributed by atoms with Gasteiger partial charge in [-0.25, -0.2) is 9.69 Å². The Balaban J connectivity index is 1.24. The lowest BCUT2D eigenvalue weighted by molar-refractivity contribution is -0.122. The third-order valence-corrected chi connectivity index (χ3v) is 8.42. The molecule has 2 fully saturated rings. The molecule has 0 bridgehead atoms. The quantitative estimate of drug-likeness (QED) is 0.142. The highest BCUT2D eigenvalue weighted by Crippen LogP contribution is 2.38. The third-order valence-electron chi connectivity index (χ3n) is 7.30. The van der Waals surface area contributed by atoms with Crippen LogP contribution in [0.5, 0.6) is 17.2 Å². The summed E-state index contributed by atoms with van der Waals surface area (Å²) in [6.45, 7) is 0.601. The van der Waals surface area contributed by atoms with E-state index in [-0.39, 0.29) is 12.2 Å². The highest BCUT2D eigenvalue weighted by atomic mass is 79.9. The smallest absolute Gasteiger partial charge is 0.335 e. The minimum atomic E-state index is -0.811. The molecule has 1 N–H and O–H groups in total. The third kappa shape index (κ3) is 6.87. The second-order valence-electron chi connectivity index (χ2n) is 10.1. The van der Waals surface area contributed by atoms with Gasteiger partial charge >= 0.3 is 6.03 Å². The van der Waals surface area contributed by atoms with E-state index in [1.807, 2.05) is 12.1 Å². The van der Waals surface area contributed by atoms with Gasteiger partial charge in [-0.05, 0) is 100 Å². The number of barbiturate groups is 1. The molecular weight excluding hydrogens is 668 g/mol. The van der Waals surface area contributed by atoms with Gasteiger partial charge in [-0.1, -0.05) is 47.3 Å². The summed E-state index contributed by atoms with van der Waals surface area (Å²) >= 11 is 6.85. The second kappa shape index (κ2) is 13.6. The van der Waals surface area contributed by atoms with E-state index in [4.69, 9.17) is 14.2 Å². The predicted octanol–water partition coefficient (Wildman–Crippen LogP) is 7.39. The minimum Gasteiger partial charge on any atom is -0.493 e. The number of rotatable bonds is 9. The Kier molecular flexibility index (Phi) is 9.64. The van der Waals surface area contributed by atoms with Gasteiger partial charge in [-0.3, -0.25) is 14.9 Å². The van der Waals surface area contributed by atoms with Gasteiger partial charge in [0.25, 0.3) is 11.8 Å². The molecular formula is C32H30Br2N2O6. The van der Waals surface area contributed by atoms with Gasteiger partial charge < -0.3 is 14.2 Å². The van der Waals surface area contributed by atoms with Crippen molar-refractivity contribution < 1.29 is 28.6 Å². The average molecular weight is 698 g/mol. The normalized spacial score (nSPS) is 16.9. The Hall–Kier alpha value is -3.63. The van der Waals surface area contributed by atoms with E-state index in [1.165, 1.54) is 50.9 Å². The van der Waals surface area contributed by atoms with Crippen molar-refractivity contribution in [3.8, 4) is 17.2 Å². The van der Waals surface area contributed by atoms with Crippen molar-refractivity contribution in [2.45, 2.75) is 38.0 Å². The number of anilines is 1. The number of amides is 4. The van der Waals surface area contributed by atoms with Gasteiger partial charge in [0.05, 0.1) is 17.3 Å². The van der Waals surface area contributed by atoms with Gasteiger partial charge in [0.2, 0.25) is 0 Å². The number of halogens is 2. The van der Waals surface area contributed by atoms with E-state index in [2.05, 4.69) is 49.3 Å². The van der Waals surface area contributed by atoms with Gasteiger partial charge in [0, 0.05) is 4.47 Å². The molecule has 42 heavy (non-hydrogen) atoms. The number of nitrogens with zero attached hydrogens (tertiary/aromatic N) is 1. The molecule has 218 valence electrons. The van der Waals surface area contributed by atoms with Gasteiger partial charge in [-0.2, -0.15) is 0 Å². The highest BCUT2D eigenvalue weighted by molar-refractivity contribution is 9.10. The van der Waals surface area contributed by atoms with Crippen LogP contribution in [-0.4, -0.2) is 38.2 Å². The van der Waals surface area contributed by atoms with Crippen molar-refractivity contribution in [2.75, 3.05) is 25.2 Å². The van der Waals surface area contributed by atoms with E-state index in [0.717, 1.165) is 15.1 Å². The van der Waals surface area contributed by atoms with Gasteiger partial charge in [0.1, 0.15) is 24.5 Å². The lowest BCUT2D eigenvalue weighted by atomic mass is 9.84. The molecule has 1 saturated heterocycles. The number of imide groups is 2. The first kappa shape index (κ1) is 29.8. The van der Waals surface area contributed by atoms with Crippen LogP contribution in [0.15, 0.2) is 75.2 Å². The number of benzene rings is 3. The lowest BCUT2D eigenvalue weighted by Gasteiger charge is -2.26. The molecule has 0 spiro atoms. The van der Waals surface area contributed by atoms with Crippen LogP contribution < -0.4 is 24.4 Å². The van der Waals surface area contributed by atoms with E-state index in [0.29, 0.717) is 39.7 Å². The molecule has 5 rings (SSSR count). The van der Waals surface area contributed by atoms with E-state index in [1.54, 1.807) is 36.4 Å². The summed E-state index contributed by atoms with van der Waals surface area (Å²) in [5.41, 5.74) is 2.03. The van der Waals surface area contributed by atoms with Crippen LogP contribution in [0.2, 0.25) is 0 Å². The monoisotopic (exact) mass is 696 g/mol. The topological polar surface area (TPSA) is 94.2 Å². The summed E-state index contributed by atoms with van der Waals surface area (Å²) in [5, 5.41) is 2.23. The lowest BCUT2D eigenvalue weighted by Crippen LogP contribution is -2.54. The van der Waals surface area contributed by atoms with Crippen LogP contribution in [0.25, 0.3) is 6.08 Å². The minimum absolute atomic E-state index is 0.192. The fourth-order valence-corrected chi connectivity index (χ4v) is 6.03. The van der Waals surface area contributed by atoms with Crippen molar-refractivity contribution in [3.63, 3.8) is 0 Å². The Bertz CT molecular complexity index is 1500. The SMILES string of the molecule is COc1cc(/C=C2/C(=O)NC(=O)N(c3ccc(Br)cc3)C2=O)cc(Br)c1OCCOc1ccc(C2CCCCC2)cc1. The fraction of sp³-hybridized carbons (Fsp3) is 0.281. The van der Waals surface area contributed by atoms with Crippen LogP contribution in [0, 0.1) is 0 Å². The van der Waals surface area contributed by atoms with E-state index >= 15 is 0 Å². The molecule has 1 aliphatic heterocycles. The Labute approximate surface area is 261 Å². The molecule has 10 heteroatoms. The second-order valence-corrected chi connectivity index (χ2v) is 11.8. The number of carbonyl (C=O) groups excluding carboxylic acids is 3. The molecule has 2 aliphatic rings. The predicted molar refractivity (Wildman–Crippen MR) is 167 cm³/mol. The largest absolute Gasteiger partial charge is 0.493 e. The maximum atomic E-state index is 13.2. The molecule has 0 unspecified atom stereocenters. The molecule has 1 saturated carbocycles. The first-order chi connectivity index (χ1) is 20.3. The maximum Gasteiger partial charge on any atom is 0.335 e. The van der Waals surface area contributed by atoms with Gasteiger partial charge in [0.15, 0.2) is 11.5 Å². The number of carbonyl (C=O) groups is 3. The van der Waals surface area contributed by atoms with Crippen molar-refractivity contribution in [1.82, 2.24) is 5.32 Å². The molecule has 0 aromatic heterocycles. The molecule has 3 aromatic rings. The van der Waals surface area contributed by atoms with E-state index < -0.39 is 17.8 Å². The molecule has 1 heterocycles. The molecule has 0 atom stereocenters. The zero-order valence-corrected chi connectivity index (χ0v) is 26.2. The van der Waals surface area contributed by atoms with Crippen LogP contribution in [0.3, 0.4) is 0 Å². The first-order valence-electron chi connectivity index (χ1n) is 13.7. The van der Waals surface area contributed by atoms with Crippen LogP contribution in [-0.2, 0) is 9.59 Å². The standard InChI is InChI=1S/C32H30Br2N2O6/c1-40-28-19-20(17-26-30(37)35-32(39)36(31(26)38)24-11-9-23(33)10-12-24)18-27(34)29(28)42-16-15-41-25-13-7-22(8-14-25)21-5-3-2-4-6-21/h7-14,17-19,21H,2-6,15-16H2,1H3,(H,35,37,39)/b26-17-. The molecule has 0 radical (unpaired) electrons. The number of hydrogen-bond acceptors (Lipinski definition) is 6. The Morgan fingerprint density at radius 3 is 2.29 bits per heavy atom. The Morgan fingerprint density at radius 1 is 0.905 bits per heavy atom. The Morgan fingerprint density at radius 2 is 1.60 bits per heavy atom. The van der Waals surface area contributed by atoms with Crippen molar-refractivity contribution >= 4 is 61.5 Å². The first-order valence-corrected chi connectivity index (χ1v) is 15.3. The summed E-state index contributed by atoms with van der Waals surface area (Å²) in [5.74, 6) is 0.790. The molecule has 1 aliphatic carbocycles. The summed E-state index contributed by atoms with van der Waals surface area (Å²) < 4.78 is 18.7. The molecule has 8 nitrogen and oxygen atoms in total. The fourth-order valence-electron chi connectivity index (χ4n) is 5.19. The van der Waals surface area contributed by atoms with Crippen molar-refractivity contribution in [3.05, 3.63) is 86.3 Å². The molecule has 3 aromatic carbocycles. The molecule has 4 amide bonds. The summed E-state index contributed by atoms with van der Waals surface area (Å²) in [7, 11) is 1.50. The maximum absolute atomic E-state index is 13.2. The van der Waals surface area contributed by atoms with Crippen LogP contribution in [0.1, 0.15) is 49.1 Å². The van der Waals surface area contributed by atoms with Crippen molar-refractivity contribution in [2.24, 2.45) is 0 Å². The summed E-state index contributed by atoms with van der Waals surface area (Å²) in [6, 6.07) is 17.5. The number of ether oxygens (including phenoxy) is 3. The van der Waals surface area contributed by atoms with Crippen molar-refractivity contribution in [1.29, 1.82) is 0 Å². The number of methoxy groups -OCH3 is 1. The zero-order valence-electron chi connectivity index (χ0n) is 23.0.